The minimum Gasteiger partial charge on any atom is -0.301 e. The molecule has 1 fully saturated rings. The fourth-order valence-electron chi connectivity index (χ4n) is 5.17. The van der Waals surface area contributed by atoms with Gasteiger partial charge in [-0.1, -0.05) is 71.9 Å². The maximum atomic E-state index is 12.8. The van der Waals surface area contributed by atoms with Gasteiger partial charge in [-0.2, -0.15) is 8.75 Å². The molecule has 0 saturated carbocycles. The summed E-state index contributed by atoms with van der Waals surface area (Å²) in [7, 11) is 0. The van der Waals surface area contributed by atoms with Crippen LogP contribution in [0.4, 0.5) is 22.1 Å². The fourth-order valence-corrected chi connectivity index (χ4v) is 8.36. The van der Waals surface area contributed by atoms with Crippen molar-refractivity contribution in [2.75, 3.05) is 11.4 Å². The smallest absolute Gasteiger partial charge is 0.284 e. The van der Waals surface area contributed by atoms with Crippen LogP contribution in [0.25, 0.3) is 32.2 Å². The van der Waals surface area contributed by atoms with Gasteiger partial charge in [-0.05, 0) is 68.9 Å². The van der Waals surface area contributed by atoms with Gasteiger partial charge < -0.3 is 4.90 Å². The lowest BCUT2D eigenvalue weighted by molar-refractivity contribution is -0.119. The third kappa shape index (κ3) is 4.94. The van der Waals surface area contributed by atoms with E-state index in [0.29, 0.717) is 27.1 Å². The molecule has 2 aromatic heterocycles. The van der Waals surface area contributed by atoms with E-state index in [0.717, 1.165) is 54.8 Å². The lowest BCUT2D eigenvalue weighted by atomic mass is 10.1. The maximum Gasteiger partial charge on any atom is 0.284 e. The highest BCUT2D eigenvalue weighted by Gasteiger charge is 2.33. The van der Waals surface area contributed by atoms with Crippen LogP contribution in [0.2, 0.25) is 0 Å². The molecule has 0 bridgehead atoms. The molecule has 0 N–H and O–H groups in total. The number of fused-ring (bicyclic) bond motifs is 2. The number of nitrogens with zero attached hydrogens (tertiary/aromatic N) is 5. The normalized spacial score (nSPS) is 14.5. The Kier molecular flexibility index (Phi) is 7.30. The number of rotatable bonds is 6. The number of anilines is 3. The molecule has 7 rings (SSSR count). The zero-order chi connectivity index (χ0) is 29.7. The molecule has 6 nitrogen and oxygen atoms in total. The lowest BCUT2D eigenvalue weighted by Crippen LogP contribution is -2.29. The van der Waals surface area contributed by atoms with Crippen molar-refractivity contribution in [3.8, 4) is 10.4 Å². The third-order valence-electron chi connectivity index (χ3n) is 7.40. The quantitative estimate of drug-likeness (QED) is 0.170. The van der Waals surface area contributed by atoms with Gasteiger partial charge >= 0.3 is 0 Å². The molecule has 0 atom stereocenters. The van der Waals surface area contributed by atoms with E-state index in [-0.39, 0.29) is 5.91 Å². The van der Waals surface area contributed by atoms with Crippen molar-refractivity contribution in [1.82, 2.24) is 13.6 Å². The van der Waals surface area contributed by atoms with Crippen LogP contribution in [0.15, 0.2) is 89.9 Å². The van der Waals surface area contributed by atoms with Gasteiger partial charge in [0, 0.05) is 39.1 Å². The topological polar surface area (TPSA) is 61.7 Å². The molecule has 0 spiro atoms. The van der Waals surface area contributed by atoms with E-state index in [1.807, 2.05) is 19.1 Å². The molecule has 6 aromatic rings. The molecular formula is C33H25N5OS4. The first-order chi connectivity index (χ1) is 20.9. The molecule has 0 radical (unpaired) electrons. The van der Waals surface area contributed by atoms with Crippen LogP contribution in [0.1, 0.15) is 18.1 Å². The molecule has 1 saturated heterocycles. The van der Waals surface area contributed by atoms with Gasteiger partial charge in [-0.3, -0.25) is 9.69 Å². The summed E-state index contributed by atoms with van der Waals surface area (Å²) in [5, 5.41) is 3.79. The number of amides is 1. The highest BCUT2D eigenvalue weighted by Crippen LogP contribution is 2.50. The Morgan fingerprint density at radius 2 is 1.47 bits per heavy atom. The average Bonchev–Trinajstić information content (AvgIpc) is 3.72. The van der Waals surface area contributed by atoms with E-state index in [9.17, 15) is 4.79 Å². The van der Waals surface area contributed by atoms with Crippen LogP contribution < -0.4 is 4.90 Å². The highest BCUT2D eigenvalue weighted by atomic mass is 32.2. The maximum absolute atomic E-state index is 12.8. The molecule has 43 heavy (non-hydrogen) atoms. The zero-order valence-corrected chi connectivity index (χ0v) is 26.8. The summed E-state index contributed by atoms with van der Waals surface area (Å²) in [4.78, 5) is 22.6. The van der Waals surface area contributed by atoms with E-state index in [1.165, 1.54) is 22.9 Å². The van der Waals surface area contributed by atoms with Gasteiger partial charge in [0.2, 0.25) is 0 Å². The lowest BCUT2D eigenvalue weighted by Gasteiger charge is -2.24. The van der Waals surface area contributed by atoms with Gasteiger partial charge in [-0.15, -0.1) is 11.3 Å². The van der Waals surface area contributed by atoms with Crippen LogP contribution in [-0.4, -0.2) is 35.5 Å². The van der Waals surface area contributed by atoms with E-state index < -0.39 is 0 Å². The Morgan fingerprint density at radius 1 is 0.837 bits per heavy atom. The minimum atomic E-state index is -0.167. The Balaban J connectivity index is 1.40. The number of benzene rings is 4. The standard InChI is InChI=1S/C33H25N5OS4/c1-4-37-31(39)30(42-33(37)40)34-26-18-17-25(27-28(26)36-43-35-27)29-23-7-5-6-8-24(23)32(41-29)38(21-13-9-19(2)10-14-21)22-15-11-20(3)12-16-22/h5-18H,4H2,1-3H3. The first kappa shape index (κ1) is 27.8. The third-order valence-corrected chi connectivity index (χ3v) is 10.5. The van der Waals surface area contributed by atoms with E-state index >= 15 is 0 Å². The van der Waals surface area contributed by atoms with Crippen molar-refractivity contribution in [2.24, 2.45) is 4.99 Å². The summed E-state index contributed by atoms with van der Waals surface area (Å²) in [5.41, 5.74) is 7.68. The molecule has 1 aliphatic rings. The number of hydrogen-bond acceptors (Lipinski definition) is 9. The first-order valence-electron chi connectivity index (χ1n) is 13.8. The molecule has 1 amide bonds. The predicted octanol–water partition coefficient (Wildman–Crippen LogP) is 9.57. The van der Waals surface area contributed by atoms with Crippen LogP contribution in [-0.2, 0) is 4.79 Å². The number of carbonyl (C=O) groups excluding carboxylic acids is 1. The van der Waals surface area contributed by atoms with Crippen LogP contribution in [0, 0.1) is 13.8 Å². The largest absolute Gasteiger partial charge is 0.301 e. The van der Waals surface area contributed by atoms with Crippen LogP contribution in [0.3, 0.4) is 0 Å². The number of aliphatic imine (C=N–C) groups is 1. The second-order valence-corrected chi connectivity index (χ2v) is 13.4. The number of aryl methyl sites for hydroxylation is 2. The van der Waals surface area contributed by atoms with Gasteiger partial charge in [0.25, 0.3) is 5.91 Å². The van der Waals surface area contributed by atoms with Crippen molar-refractivity contribution in [2.45, 2.75) is 20.8 Å². The second-order valence-electron chi connectivity index (χ2n) is 10.2. The number of thioether (sulfide) groups is 1. The number of carbonyl (C=O) groups is 1. The molecule has 4 aromatic carbocycles. The summed E-state index contributed by atoms with van der Waals surface area (Å²) >= 11 is 9.50. The molecule has 212 valence electrons. The Hall–Kier alpha value is -3.96. The number of thiophene rings is 1. The molecule has 0 unspecified atom stereocenters. The van der Waals surface area contributed by atoms with Crippen molar-refractivity contribution < 1.29 is 4.79 Å². The Morgan fingerprint density at radius 3 is 2.09 bits per heavy atom. The van der Waals surface area contributed by atoms with E-state index in [4.69, 9.17) is 21.6 Å². The zero-order valence-electron chi connectivity index (χ0n) is 23.6. The van der Waals surface area contributed by atoms with Crippen molar-refractivity contribution in [3.63, 3.8) is 0 Å². The SMILES string of the molecule is CCN1C(=O)C(=Nc2ccc(-c3sc(N(c4ccc(C)cc4)c4ccc(C)cc4)c4ccccc34)c3nsnc23)SC1=S. The Labute approximate surface area is 267 Å². The molecule has 1 aliphatic heterocycles. The van der Waals surface area contributed by atoms with Gasteiger partial charge in [-0.25, -0.2) is 4.99 Å². The monoisotopic (exact) mass is 635 g/mol. The number of hydrogen-bond donors (Lipinski definition) is 0. The van der Waals surface area contributed by atoms with Crippen molar-refractivity contribution >= 4 is 106 Å². The summed E-state index contributed by atoms with van der Waals surface area (Å²) in [6.45, 7) is 6.64. The van der Waals surface area contributed by atoms with Crippen LogP contribution in [0.5, 0.6) is 0 Å². The number of aromatic nitrogens is 2. The molecular weight excluding hydrogens is 611 g/mol. The van der Waals surface area contributed by atoms with E-state index in [1.54, 1.807) is 16.2 Å². The Bertz CT molecular complexity index is 2020. The van der Waals surface area contributed by atoms with Crippen molar-refractivity contribution in [1.29, 1.82) is 0 Å². The van der Waals surface area contributed by atoms with Gasteiger partial charge in [0.1, 0.15) is 20.4 Å². The van der Waals surface area contributed by atoms with E-state index in [2.05, 4.69) is 95.9 Å². The van der Waals surface area contributed by atoms with Crippen molar-refractivity contribution in [3.05, 3.63) is 96.1 Å². The van der Waals surface area contributed by atoms with Gasteiger partial charge in [0.15, 0.2) is 5.04 Å². The minimum absolute atomic E-state index is 0.167. The second kappa shape index (κ2) is 11.3. The van der Waals surface area contributed by atoms with Gasteiger partial charge in [0.05, 0.1) is 17.4 Å². The average molecular weight is 636 g/mol. The predicted molar refractivity (Wildman–Crippen MR) is 187 cm³/mol. The summed E-state index contributed by atoms with van der Waals surface area (Å²) in [6.07, 6.45) is 0. The number of thiocarbonyl (C=S) groups is 1. The summed E-state index contributed by atoms with van der Waals surface area (Å²) in [5.74, 6) is -0.167. The van der Waals surface area contributed by atoms with Crippen LogP contribution >= 0.6 is 47.0 Å². The summed E-state index contributed by atoms with van der Waals surface area (Å²) < 4.78 is 9.86. The highest BCUT2D eigenvalue weighted by molar-refractivity contribution is 8.35. The summed E-state index contributed by atoms with van der Waals surface area (Å²) in [6, 6.07) is 29.8. The molecule has 3 heterocycles. The molecule has 10 heteroatoms. The first-order valence-corrected chi connectivity index (χ1v) is 16.5. The molecule has 0 aliphatic carbocycles. The fraction of sp³-hybridized carbons (Fsp3) is 0.121.